The molecule has 3 atom stereocenters. The predicted octanol–water partition coefficient (Wildman–Crippen LogP) is 0.869. The molecule has 0 aromatic rings. The topological polar surface area (TPSA) is 38.8 Å². The van der Waals surface area contributed by atoms with Crippen molar-refractivity contribution in [2.75, 3.05) is 0 Å². The smallest absolute Gasteiger partial charge is 0.302 e. The minimum atomic E-state index is -0.189. The Morgan fingerprint density at radius 3 is 3.09 bits per heavy atom. The molecule has 62 valence electrons. The largest absolute Gasteiger partial charge is 0.460 e. The maximum absolute atomic E-state index is 10.6. The lowest BCUT2D eigenvalue weighted by Crippen LogP contribution is -2.26. The average Bonchev–Trinajstić information content (AvgIpc) is 2.65. The minimum absolute atomic E-state index is 0.0475. The molecule has 0 aromatic carbocycles. The molecule has 1 heterocycles. The molecule has 1 saturated carbocycles. The van der Waals surface area contributed by atoms with E-state index in [0.717, 1.165) is 19.3 Å². The third kappa shape index (κ3) is 1.38. The van der Waals surface area contributed by atoms with E-state index in [1.807, 2.05) is 0 Å². The molecule has 2 aliphatic rings. The fraction of sp³-hybridized carbons (Fsp3) is 0.875. The van der Waals surface area contributed by atoms with Crippen molar-refractivity contribution in [2.45, 2.75) is 44.5 Å². The first kappa shape index (κ1) is 7.10. The molecule has 1 aliphatic carbocycles. The highest BCUT2D eigenvalue weighted by Crippen LogP contribution is 2.38. The van der Waals surface area contributed by atoms with E-state index >= 15 is 0 Å². The Kier molecular flexibility index (Phi) is 1.60. The Morgan fingerprint density at radius 1 is 1.55 bits per heavy atom. The van der Waals surface area contributed by atoms with E-state index in [9.17, 15) is 4.79 Å². The molecule has 0 bridgehead atoms. The fourth-order valence-electron chi connectivity index (χ4n) is 1.74. The van der Waals surface area contributed by atoms with Crippen molar-refractivity contribution in [1.29, 1.82) is 0 Å². The number of epoxide rings is 1. The highest BCUT2D eigenvalue weighted by atomic mass is 16.6. The maximum atomic E-state index is 10.6. The van der Waals surface area contributed by atoms with E-state index < -0.39 is 0 Å². The van der Waals surface area contributed by atoms with Crippen LogP contribution in [0.4, 0.5) is 0 Å². The van der Waals surface area contributed by atoms with Gasteiger partial charge in [0.05, 0.1) is 6.10 Å². The van der Waals surface area contributed by atoms with Gasteiger partial charge < -0.3 is 9.47 Å². The Bertz CT molecular complexity index is 178. The molecule has 3 nitrogen and oxygen atoms in total. The van der Waals surface area contributed by atoms with Gasteiger partial charge in [0, 0.05) is 6.92 Å². The quantitative estimate of drug-likeness (QED) is 0.417. The maximum Gasteiger partial charge on any atom is 0.302 e. The number of hydrogen-bond donors (Lipinski definition) is 0. The van der Waals surface area contributed by atoms with Crippen LogP contribution in [0.25, 0.3) is 0 Å². The summed E-state index contributed by atoms with van der Waals surface area (Å²) in [7, 11) is 0. The minimum Gasteiger partial charge on any atom is -0.460 e. The molecule has 1 aliphatic heterocycles. The number of ether oxygens (including phenoxy) is 2. The molecule has 11 heavy (non-hydrogen) atoms. The van der Waals surface area contributed by atoms with Crippen LogP contribution in [0.2, 0.25) is 0 Å². The molecule has 0 unspecified atom stereocenters. The van der Waals surface area contributed by atoms with Crippen LogP contribution in [0.15, 0.2) is 0 Å². The number of fused-ring (bicyclic) bond motifs is 1. The SMILES string of the molecule is CC(=O)O[C@H]1CCC[C@@H]2O[C@H]12. The average molecular weight is 156 g/mol. The summed E-state index contributed by atoms with van der Waals surface area (Å²) in [6.07, 6.45) is 3.91. The summed E-state index contributed by atoms with van der Waals surface area (Å²) in [5, 5.41) is 0. The van der Waals surface area contributed by atoms with E-state index in [1.54, 1.807) is 0 Å². The van der Waals surface area contributed by atoms with Crippen molar-refractivity contribution >= 4 is 5.97 Å². The first-order valence-electron chi connectivity index (χ1n) is 4.10. The number of rotatable bonds is 1. The van der Waals surface area contributed by atoms with Gasteiger partial charge in [-0.3, -0.25) is 4.79 Å². The van der Waals surface area contributed by atoms with Crippen LogP contribution in [0.5, 0.6) is 0 Å². The molecule has 0 spiro atoms. The van der Waals surface area contributed by atoms with Crippen molar-refractivity contribution in [2.24, 2.45) is 0 Å². The Balaban J connectivity index is 1.88. The number of hydrogen-bond acceptors (Lipinski definition) is 3. The van der Waals surface area contributed by atoms with E-state index in [-0.39, 0.29) is 18.2 Å². The van der Waals surface area contributed by atoms with Crippen LogP contribution >= 0.6 is 0 Å². The number of carbonyl (C=O) groups excluding carboxylic acids is 1. The van der Waals surface area contributed by atoms with Gasteiger partial charge in [-0.2, -0.15) is 0 Å². The van der Waals surface area contributed by atoms with Crippen LogP contribution in [-0.4, -0.2) is 24.3 Å². The number of esters is 1. The molecule has 0 radical (unpaired) electrons. The summed E-state index contributed by atoms with van der Waals surface area (Å²) in [5.41, 5.74) is 0. The van der Waals surface area contributed by atoms with Gasteiger partial charge in [0.1, 0.15) is 12.2 Å². The summed E-state index contributed by atoms with van der Waals surface area (Å²) in [5.74, 6) is -0.189. The Morgan fingerprint density at radius 2 is 2.36 bits per heavy atom. The molecule has 3 heteroatoms. The molecular formula is C8H12O3. The van der Waals surface area contributed by atoms with E-state index in [4.69, 9.17) is 9.47 Å². The Hall–Kier alpha value is -0.570. The predicted molar refractivity (Wildman–Crippen MR) is 38.1 cm³/mol. The van der Waals surface area contributed by atoms with Crippen LogP contribution in [0.3, 0.4) is 0 Å². The lowest BCUT2D eigenvalue weighted by molar-refractivity contribution is -0.147. The highest BCUT2D eigenvalue weighted by molar-refractivity contribution is 5.66. The standard InChI is InChI=1S/C8H12O3/c1-5(9)10-6-3-2-4-7-8(6)11-7/h6-8H,2-4H2,1H3/t6-,7-,8+/m0/s1. The Labute approximate surface area is 65.7 Å². The zero-order valence-corrected chi connectivity index (χ0v) is 6.58. The summed E-state index contributed by atoms with van der Waals surface area (Å²) in [4.78, 5) is 10.6. The van der Waals surface area contributed by atoms with Crippen molar-refractivity contribution in [3.05, 3.63) is 0 Å². The van der Waals surface area contributed by atoms with Gasteiger partial charge in [-0.15, -0.1) is 0 Å². The van der Waals surface area contributed by atoms with E-state index in [2.05, 4.69) is 0 Å². The van der Waals surface area contributed by atoms with E-state index in [0.29, 0.717) is 6.10 Å². The fourth-order valence-corrected chi connectivity index (χ4v) is 1.74. The third-order valence-corrected chi connectivity index (χ3v) is 2.28. The molecule has 2 fully saturated rings. The van der Waals surface area contributed by atoms with Crippen molar-refractivity contribution < 1.29 is 14.3 Å². The lowest BCUT2D eigenvalue weighted by Gasteiger charge is -2.17. The van der Waals surface area contributed by atoms with Gasteiger partial charge in [0.2, 0.25) is 0 Å². The van der Waals surface area contributed by atoms with Crippen LogP contribution in [-0.2, 0) is 14.3 Å². The molecule has 0 N–H and O–H groups in total. The second-order valence-electron chi connectivity index (χ2n) is 3.22. The molecule has 0 amide bonds. The second-order valence-corrected chi connectivity index (χ2v) is 3.22. The van der Waals surface area contributed by atoms with Crippen molar-refractivity contribution in [3.8, 4) is 0 Å². The van der Waals surface area contributed by atoms with Crippen LogP contribution in [0.1, 0.15) is 26.2 Å². The first-order valence-corrected chi connectivity index (χ1v) is 4.10. The first-order chi connectivity index (χ1) is 5.27. The normalized spacial score (nSPS) is 41.0. The van der Waals surface area contributed by atoms with Crippen LogP contribution in [0, 0.1) is 0 Å². The van der Waals surface area contributed by atoms with Crippen molar-refractivity contribution in [3.63, 3.8) is 0 Å². The van der Waals surface area contributed by atoms with Gasteiger partial charge in [-0.05, 0) is 19.3 Å². The monoisotopic (exact) mass is 156 g/mol. The van der Waals surface area contributed by atoms with Crippen molar-refractivity contribution in [1.82, 2.24) is 0 Å². The second kappa shape index (κ2) is 2.48. The van der Waals surface area contributed by atoms with Gasteiger partial charge in [-0.25, -0.2) is 0 Å². The molecule has 2 rings (SSSR count). The summed E-state index contributed by atoms with van der Waals surface area (Å²) < 4.78 is 10.4. The summed E-state index contributed by atoms with van der Waals surface area (Å²) in [6, 6.07) is 0. The molecular weight excluding hydrogens is 144 g/mol. The third-order valence-electron chi connectivity index (χ3n) is 2.28. The zero-order valence-electron chi connectivity index (χ0n) is 6.58. The van der Waals surface area contributed by atoms with Gasteiger partial charge >= 0.3 is 5.97 Å². The van der Waals surface area contributed by atoms with Gasteiger partial charge in [0.25, 0.3) is 0 Å². The summed E-state index contributed by atoms with van der Waals surface area (Å²) >= 11 is 0. The zero-order chi connectivity index (χ0) is 7.84. The molecule has 1 saturated heterocycles. The molecule has 0 aromatic heterocycles. The highest BCUT2D eigenvalue weighted by Gasteiger charge is 2.48. The van der Waals surface area contributed by atoms with E-state index in [1.165, 1.54) is 6.92 Å². The van der Waals surface area contributed by atoms with Crippen LogP contribution < -0.4 is 0 Å². The number of carbonyl (C=O) groups is 1. The lowest BCUT2D eigenvalue weighted by atomic mass is 9.98. The summed E-state index contributed by atoms with van der Waals surface area (Å²) in [6.45, 7) is 1.45. The van der Waals surface area contributed by atoms with Gasteiger partial charge in [-0.1, -0.05) is 0 Å². The van der Waals surface area contributed by atoms with Gasteiger partial charge in [0.15, 0.2) is 0 Å².